The molecule has 1 atom stereocenters. The standard InChI is InChI=1S/C26H21FN6O2/c1-2-26(17-6-4-3-5-7-17)16-25(26)8-11-32(12-9-25)24(35)22(34)18-14-28-21-20(18)19(27)15-29-23(21)33-13-10-30-31-33/h1,3-7,10,13-15,28H,8-9,11-12,16H2. The number of aromatic nitrogens is 5. The first kappa shape index (κ1) is 21.2. The number of halogens is 1. The van der Waals surface area contributed by atoms with E-state index < -0.39 is 17.5 Å². The van der Waals surface area contributed by atoms with Crippen LogP contribution in [0.3, 0.4) is 0 Å². The van der Waals surface area contributed by atoms with E-state index in [-0.39, 0.29) is 33.1 Å². The van der Waals surface area contributed by atoms with Crippen molar-refractivity contribution in [2.45, 2.75) is 24.7 Å². The van der Waals surface area contributed by atoms with Gasteiger partial charge in [-0.15, -0.1) is 11.5 Å². The zero-order valence-electron chi connectivity index (χ0n) is 18.7. The van der Waals surface area contributed by atoms with Crippen molar-refractivity contribution in [3.8, 4) is 18.2 Å². The molecule has 1 saturated carbocycles. The Balaban J connectivity index is 1.23. The number of nitrogens with zero attached hydrogens (tertiary/aromatic N) is 5. The Bertz CT molecular complexity index is 1500. The molecule has 2 fully saturated rings. The van der Waals surface area contributed by atoms with Gasteiger partial charge >= 0.3 is 0 Å². The van der Waals surface area contributed by atoms with Gasteiger partial charge in [0.1, 0.15) is 0 Å². The zero-order chi connectivity index (χ0) is 24.2. The number of ketones is 1. The lowest BCUT2D eigenvalue weighted by molar-refractivity contribution is -0.128. The number of hydrogen-bond donors (Lipinski definition) is 1. The first-order valence-corrected chi connectivity index (χ1v) is 11.4. The van der Waals surface area contributed by atoms with Gasteiger partial charge in [-0.3, -0.25) is 9.59 Å². The fourth-order valence-electron chi connectivity index (χ4n) is 5.65. The van der Waals surface area contributed by atoms with E-state index in [0.717, 1.165) is 18.2 Å². The number of fused-ring (bicyclic) bond motifs is 1. The molecule has 1 saturated heterocycles. The van der Waals surface area contributed by atoms with Crippen molar-refractivity contribution in [1.82, 2.24) is 29.9 Å². The first-order chi connectivity index (χ1) is 17.0. The van der Waals surface area contributed by atoms with E-state index in [1.807, 2.05) is 18.2 Å². The largest absolute Gasteiger partial charge is 0.357 e. The Kier molecular flexibility index (Phi) is 4.61. The lowest BCUT2D eigenvalue weighted by Gasteiger charge is -2.34. The second-order valence-electron chi connectivity index (χ2n) is 9.22. The number of aromatic amines is 1. The van der Waals surface area contributed by atoms with Gasteiger partial charge in [-0.25, -0.2) is 14.1 Å². The van der Waals surface area contributed by atoms with Gasteiger partial charge in [-0.2, -0.15) is 0 Å². The third-order valence-corrected chi connectivity index (χ3v) is 7.63. The molecular weight excluding hydrogens is 447 g/mol. The molecular formula is C26H21FN6O2. The van der Waals surface area contributed by atoms with Gasteiger partial charge in [-0.05, 0) is 30.2 Å². The van der Waals surface area contributed by atoms with Crippen molar-refractivity contribution < 1.29 is 14.0 Å². The summed E-state index contributed by atoms with van der Waals surface area (Å²) in [7, 11) is 0. The van der Waals surface area contributed by atoms with Crippen LogP contribution in [0, 0.1) is 23.6 Å². The van der Waals surface area contributed by atoms with Gasteiger partial charge < -0.3 is 9.88 Å². The van der Waals surface area contributed by atoms with Crippen LogP contribution in [-0.2, 0) is 10.2 Å². The summed E-state index contributed by atoms with van der Waals surface area (Å²) in [6.07, 6.45) is 13.7. The molecule has 1 aliphatic heterocycles. The van der Waals surface area contributed by atoms with E-state index >= 15 is 0 Å². The number of carbonyl (C=O) groups excluding carboxylic acids is 2. The van der Waals surface area contributed by atoms with Gasteiger partial charge in [0.15, 0.2) is 11.6 Å². The van der Waals surface area contributed by atoms with Crippen molar-refractivity contribution in [1.29, 1.82) is 0 Å². The molecule has 6 rings (SSSR count). The van der Waals surface area contributed by atoms with Crippen molar-refractivity contribution in [2.75, 3.05) is 13.1 Å². The molecule has 174 valence electrons. The molecule has 9 heteroatoms. The number of H-pyrrole nitrogens is 1. The minimum Gasteiger partial charge on any atom is -0.357 e. The normalized spacial score (nSPS) is 20.6. The molecule has 1 spiro atoms. The summed E-state index contributed by atoms with van der Waals surface area (Å²) in [5, 5.41) is 7.62. The van der Waals surface area contributed by atoms with Crippen LogP contribution in [0.4, 0.5) is 4.39 Å². The van der Waals surface area contributed by atoms with E-state index in [1.54, 1.807) is 11.1 Å². The predicted octanol–water partition coefficient (Wildman–Crippen LogP) is 3.05. The lowest BCUT2D eigenvalue weighted by atomic mass is 9.80. The summed E-state index contributed by atoms with van der Waals surface area (Å²) in [5.74, 6) is 1.21. The van der Waals surface area contributed by atoms with Crippen molar-refractivity contribution >= 4 is 22.6 Å². The van der Waals surface area contributed by atoms with Crippen molar-refractivity contribution in [2.24, 2.45) is 5.41 Å². The summed E-state index contributed by atoms with van der Waals surface area (Å²) in [4.78, 5) is 34.8. The second-order valence-corrected chi connectivity index (χ2v) is 9.22. The van der Waals surface area contributed by atoms with Crippen molar-refractivity contribution in [3.05, 3.63) is 72.1 Å². The molecule has 1 N–H and O–H groups in total. The van der Waals surface area contributed by atoms with Crippen LogP contribution in [0.25, 0.3) is 16.7 Å². The molecule has 8 nitrogen and oxygen atoms in total. The van der Waals surface area contributed by atoms with E-state index in [9.17, 15) is 14.0 Å². The van der Waals surface area contributed by atoms with Crippen LogP contribution in [-0.4, -0.2) is 54.6 Å². The number of likely N-dealkylation sites (tertiary alicyclic amines) is 1. The first-order valence-electron chi connectivity index (χ1n) is 11.4. The monoisotopic (exact) mass is 468 g/mol. The molecule has 2 aliphatic rings. The number of rotatable bonds is 4. The SMILES string of the molecule is C#CC1(c2ccccc2)CC12CCN(C(=O)C(=O)c1c[nH]c3c(-n4ccnn4)ncc(F)c13)CC2. The van der Waals surface area contributed by atoms with Crippen LogP contribution in [0.1, 0.15) is 35.2 Å². The van der Waals surface area contributed by atoms with E-state index in [1.165, 1.54) is 17.1 Å². The van der Waals surface area contributed by atoms with Crippen LogP contribution < -0.4 is 0 Å². The molecule has 4 heterocycles. The van der Waals surface area contributed by atoms with Gasteiger partial charge in [0.05, 0.1) is 40.5 Å². The topological polar surface area (TPSA) is 96.8 Å². The minimum atomic E-state index is -0.760. The quantitative estimate of drug-likeness (QED) is 0.282. The van der Waals surface area contributed by atoms with Gasteiger partial charge in [0, 0.05) is 19.3 Å². The maximum absolute atomic E-state index is 14.7. The average molecular weight is 468 g/mol. The highest BCUT2D eigenvalue weighted by molar-refractivity contribution is 6.45. The summed E-state index contributed by atoms with van der Waals surface area (Å²) < 4.78 is 16.1. The molecule has 0 bridgehead atoms. The molecule has 1 unspecified atom stereocenters. The van der Waals surface area contributed by atoms with Crippen LogP contribution in [0.2, 0.25) is 0 Å². The molecule has 0 radical (unpaired) electrons. The van der Waals surface area contributed by atoms with Gasteiger partial charge in [0.2, 0.25) is 0 Å². The number of hydrogen-bond acceptors (Lipinski definition) is 5. The lowest BCUT2D eigenvalue weighted by Crippen LogP contribution is -2.44. The van der Waals surface area contributed by atoms with Crippen LogP contribution in [0.5, 0.6) is 0 Å². The number of piperidine rings is 1. The Labute approximate surface area is 200 Å². The maximum Gasteiger partial charge on any atom is 0.295 e. The molecule has 1 amide bonds. The zero-order valence-corrected chi connectivity index (χ0v) is 18.7. The highest BCUT2D eigenvalue weighted by Gasteiger charge is 2.67. The van der Waals surface area contributed by atoms with E-state index in [4.69, 9.17) is 6.42 Å². The summed E-state index contributed by atoms with van der Waals surface area (Å²) in [6, 6.07) is 10.1. The number of pyridine rings is 1. The average Bonchev–Trinajstić information content (AvgIpc) is 3.27. The Morgan fingerprint density at radius 2 is 1.94 bits per heavy atom. The van der Waals surface area contributed by atoms with Gasteiger partial charge in [-0.1, -0.05) is 41.5 Å². The smallest absolute Gasteiger partial charge is 0.295 e. The third kappa shape index (κ3) is 3.03. The van der Waals surface area contributed by atoms with E-state index in [2.05, 4.69) is 38.3 Å². The van der Waals surface area contributed by atoms with Crippen LogP contribution in [0.15, 0.2) is 55.1 Å². The fraction of sp³-hybridized carbons (Fsp3) is 0.269. The van der Waals surface area contributed by atoms with Crippen molar-refractivity contribution in [3.63, 3.8) is 0 Å². The molecule has 1 aliphatic carbocycles. The molecule has 3 aromatic heterocycles. The number of Topliss-reactive ketones (excluding diaryl/α,β-unsaturated/α-hetero) is 1. The highest BCUT2D eigenvalue weighted by atomic mass is 19.1. The van der Waals surface area contributed by atoms with E-state index in [0.29, 0.717) is 25.9 Å². The number of amides is 1. The highest BCUT2D eigenvalue weighted by Crippen LogP contribution is 2.69. The maximum atomic E-state index is 14.7. The summed E-state index contributed by atoms with van der Waals surface area (Å²) in [5.41, 5.74) is 0.986. The number of benzene rings is 1. The number of carbonyl (C=O) groups is 2. The Morgan fingerprint density at radius 1 is 1.17 bits per heavy atom. The number of terminal acetylenes is 1. The number of nitrogens with one attached hydrogen (secondary N) is 1. The van der Waals surface area contributed by atoms with Gasteiger partial charge in [0.25, 0.3) is 11.7 Å². The molecule has 1 aromatic carbocycles. The fourth-order valence-corrected chi connectivity index (χ4v) is 5.65. The minimum absolute atomic E-state index is 0.00921. The Hall–Kier alpha value is -4.32. The van der Waals surface area contributed by atoms with Crippen LogP contribution >= 0.6 is 0 Å². The second kappa shape index (κ2) is 7.60. The summed E-state index contributed by atoms with van der Waals surface area (Å²) in [6.45, 7) is 0.856. The Morgan fingerprint density at radius 3 is 2.63 bits per heavy atom. The predicted molar refractivity (Wildman–Crippen MR) is 125 cm³/mol. The molecule has 35 heavy (non-hydrogen) atoms. The third-order valence-electron chi connectivity index (χ3n) is 7.63. The molecule has 4 aromatic rings. The summed E-state index contributed by atoms with van der Waals surface area (Å²) >= 11 is 0.